The standard InChI is InChI=1S/C16H21NO4/c1-11-10-21-14(9-18)7-17(11)8-15(19)12-2-3-16-13(6-12)4-5-20-16/h2-3,6,11,14,18H,4-5,7-10H2,1H3. The Labute approximate surface area is 124 Å². The summed E-state index contributed by atoms with van der Waals surface area (Å²) in [6, 6.07) is 5.85. The van der Waals surface area contributed by atoms with E-state index in [-0.39, 0.29) is 24.5 Å². The fraction of sp³-hybridized carbons (Fsp3) is 0.562. The van der Waals surface area contributed by atoms with Crippen molar-refractivity contribution in [2.24, 2.45) is 0 Å². The Hall–Kier alpha value is -1.43. The van der Waals surface area contributed by atoms with Gasteiger partial charge in [-0.05, 0) is 30.7 Å². The van der Waals surface area contributed by atoms with Crippen molar-refractivity contribution in [3.05, 3.63) is 29.3 Å². The van der Waals surface area contributed by atoms with E-state index in [0.717, 1.165) is 23.3 Å². The first-order chi connectivity index (χ1) is 10.2. The van der Waals surface area contributed by atoms with Crippen molar-refractivity contribution in [2.75, 3.05) is 32.9 Å². The van der Waals surface area contributed by atoms with E-state index in [9.17, 15) is 9.90 Å². The average Bonchev–Trinajstić information content (AvgIpc) is 2.96. The number of hydrogen-bond donors (Lipinski definition) is 1. The van der Waals surface area contributed by atoms with Gasteiger partial charge in [0.2, 0.25) is 0 Å². The van der Waals surface area contributed by atoms with Gasteiger partial charge in [0.1, 0.15) is 5.75 Å². The van der Waals surface area contributed by atoms with Gasteiger partial charge in [0.15, 0.2) is 5.78 Å². The van der Waals surface area contributed by atoms with Gasteiger partial charge in [-0.25, -0.2) is 0 Å². The minimum absolute atomic E-state index is 0.00635. The van der Waals surface area contributed by atoms with Crippen LogP contribution in [0.4, 0.5) is 0 Å². The topological polar surface area (TPSA) is 59.0 Å². The van der Waals surface area contributed by atoms with Crippen LogP contribution in [0.1, 0.15) is 22.8 Å². The molecule has 1 fully saturated rings. The zero-order valence-electron chi connectivity index (χ0n) is 12.2. The molecule has 0 spiro atoms. The third kappa shape index (κ3) is 3.10. The first kappa shape index (κ1) is 14.5. The highest BCUT2D eigenvalue weighted by atomic mass is 16.5. The number of ether oxygens (including phenoxy) is 2. The van der Waals surface area contributed by atoms with Gasteiger partial charge in [-0.1, -0.05) is 0 Å². The third-order valence-electron chi connectivity index (χ3n) is 4.20. The lowest BCUT2D eigenvalue weighted by Crippen LogP contribution is -2.51. The van der Waals surface area contributed by atoms with Gasteiger partial charge in [-0.2, -0.15) is 0 Å². The summed E-state index contributed by atoms with van der Waals surface area (Å²) in [5, 5.41) is 9.20. The molecule has 2 aliphatic rings. The van der Waals surface area contributed by atoms with Gasteiger partial charge in [0, 0.05) is 24.6 Å². The highest BCUT2D eigenvalue weighted by Gasteiger charge is 2.27. The number of ketones is 1. The predicted molar refractivity (Wildman–Crippen MR) is 77.8 cm³/mol. The molecule has 0 saturated carbocycles. The second-order valence-electron chi connectivity index (χ2n) is 5.76. The number of aliphatic hydroxyl groups is 1. The van der Waals surface area contributed by atoms with Crippen LogP contribution in [0, 0.1) is 0 Å². The van der Waals surface area contributed by atoms with Crippen LogP contribution in [0.3, 0.4) is 0 Å². The van der Waals surface area contributed by atoms with E-state index in [0.29, 0.717) is 26.3 Å². The monoisotopic (exact) mass is 291 g/mol. The molecule has 5 heteroatoms. The third-order valence-corrected chi connectivity index (χ3v) is 4.20. The lowest BCUT2D eigenvalue weighted by molar-refractivity contribution is -0.0747. The number of carbonyl (C=O) groups is 1. The van der Waals surface area contributed by atoms with Gasteiger partial charge in [-0.15, -0.1) is 0 Å². The highest BCUT2D eigenvalue weighted by molar-refractivity contribution is 5.98. The number of morpholine rings is 1. The van der Waals surface area contributed by atoms with Crippen LogP contribution in [0.2, 0.25) is 0 Å². The van der Waals surface area contributed by atoms with Crippen LogP contribution in [-0.4, -0.2) is 60.8 Å². The summed E-state index contributed by atoms with van der Waals surface area (Å²) in [5.41, 5.74) is 1.85. The first-order valence-corrected chi connectivity index (χ1v) is 7.43. The normalized spacial score (nSPS) is 25.4. The zero-order valence-corrected chi connectivity index (χ0v) is 12.2. The molecule has 2 aliphatic heterocycles. The fourth-order valence-electron chi connectivity index (χ4n) is 2.84. The summed E-state index contributed by atoms with van der Waals surface area (Å²) in [5.74, 6) is 1.00. The Morgan fingerprint density at radius 3 is 3.14 bits per heavy atom. The summed E-state index contributed by atoms with van der Waals surface area (Å²) in [7, 11) is 0. The lowest BCUT2D eigenvalue weighted by atomic mass is 10.0. The molecule has 0 radical (unpaired) electrons. The maximum absolute atomic E-state index is 12.5. The smallest absolute Gasteiger partial charge is 0.176 e. The molecule has 0 bridgehead atoms. The van der Waals surface area contributed by atoms with Crippen molar-refractivity contribution >= 4 is 5.78 Å². The van der Waals surface area contributed by atoms with Crippen LogP contribution >= 0.6 is 0 Å². The van der Waals surface area contributed by atoms with Gasteiger partial charge in [0.25, 0.3) is 0 Å². The molecule has 1 aromatic carbocycles. The zero-order chi connectivity index (χ0) is 14.8. The van der Waals surface area contributed by atoms with Crippen molar-refractivity contribution in [3.8, 4) is 5.75 Å². The van der Waals surface area contributed by atoms with Crippen LogP contribution < -0.4 is 4.74 Å². The second kappa shape index (κ2) is 6.13. The molecule has 0 aromatic heterocycles. The maximum Gasteiger partial charge on any atom is 0.176 e. The summed E-state index contributed by atoms with van der Waals surface area (Å²) < 4.78 is 11.0. The summed E-state index contributed by atoms with van der Waals surface area (Å²) in [6.45, 7) is 4.24. The van der Waals surface area contributed by atoms with Crippen LogP contribution in [-0.2, 0) is 11.2 Å². The molecule has 0 amide bonds. The molecular formula is C16H21NO4. The predicted octanol–water partition coefficient (Wildman–Crippen LogP) is 0.886. The van der Waals surface area contributed by atoms with Crippen LogP contribution in [0.25, 0.3) is 0 Å². The molecule has 2 atom stereocenters. The first-order valence-electron chi connectivity index (χ1n) is 7.43. The summed E-state index contributed by atoms with van der Waals surface area (Å²) >= 11 is 0. The Morgan fingerprint density at radius 1 is 1.48 bits per heavy atom. The molecule has 0 aliphatic carbocycles. The Morgan fingerprint density at radius 2 is 2.33 bits per heavy atom. The second-order valence-corrected chi connectivity index (χ2v) is 5.76. The molecule has 21 heavy (non-hydrogen) atoms. The van der Waals surface area contributed by atoms with E-state index in [4.69, 9.17) is 9.47 Å². The van der Waals surface area contributed by atoms with E-state index < -0.39 is 0 Å². The average molecular weight is 291 g/mol. The quantitative estimate of drug-likeness (QED) is 0.835. The number of aliphatic hydroxyl groups excluding tert-OH is 1. The highest BCUT2D eigenvalue weighted by Crippen LogP contribution is 2.26. The van der Waals surface area contributed by atoms with Crippen LogP contribution in [0.5, 0.6) is 5.75 Å². The van der Waals surface area contributed by atoms with E-state index in [1.54, 1.807) is 0 Å². The van der Waals surface area contributed by atoms with Crippen molar-refractivity contribution in [1.29, 1.82) is 0 Å². The molecule has 1 saturated heterocycles. The molecule has 2 unspecified atom stereocenters. The minimum atomic E-state index is -0.192. The maximum atomic E-state index is 12.5. The van der Waals surface area contributed by atoms with Crippen molar-refractivity contribution in [2.45, 2.75) is 25.5 Å². The van der Waals surface area contributed by atoms with Crippen LogP contribution in [0.15, 0.2) is 18.2 Å². The van der Waals surface area contributed by atoms with Gasteiger partial charge in [0.05, 0.1) is 32.5 Å². The number of carbonyl (C=O) groups excluding carboxylic acids is 1. The number of benzene rings is 1. The summed E-state index contributed by atoms with van der Waals surface area (Å²) in [4.78, 5) is 14.5. The number of fused-ring (bicyclic) bond motifs is 1. The van der Waals surface area contributed by atoms with E-state index in [1.807, 2.05) is 25.1 Å². The van der Waals surface area contributed by atoms with E-state index >= 15 is 0 Å². The lowest BCUT2D eigenvalue weighted by Gasteiger charge is -2.36. The number of nitrogens with zero attached hydrogens (tertiary/aromatic N) is 1. The van der Waals surface area contributed by atoms with Crippen molar-refractivity contribution in [3.63, 3.8) is 0 Å². The molecule has 114 valence electrons. The molecular weight excluding hydrogens is 270 g/mol. The Bertz CT molecular complexity index is 531. The number of hydrogen-bond acceptors (Lipinski definition) is 5. The fourth-order valence-corrected chi connectivity index (χ4v) is 2.84. The molecule has 3 rings (SSSR count). The Balaban J connectivity index is 1.68. The van der Waals surface area contributed by atoms with E-state index in [1.165, 1.54) is 0 Å². The summed E-state index contributed by atoms with van der Waals surface area (Å²) in [6.07, 6.45) is 0.680. The molecule has 1 aromatic rings. The van der Waals surface area contributed by atoms with E-state index in [2.05, 4.69) is 4.90 Å². The largest absolute Gasteiger partial charge is 0.493 e. The van der Waals surface area contributed by atoms with Crippen molar-refractivity contribution in [1.82, 2.24) is 4.90 Å². The van der Waals surface area contributed by atoms with Gasteiger partial charge in [-0.3, -0.25) is 9.69 Å². The Kier molecular flexibility index (Phi) is 4.24. The molecule has 2 heterocycles. The van der Waals surface area contributed by atoms with Gasteiger partial charge < -0.3 is 14.6 Å². The van der Waals surface area contributed by atoms with Crippen molar-refractivity contribution < 1.29 is 19.4 Å². The number of rotatable bonds is 4. The minimum Gasteiger partial charge on any atom is -0.493 e. The number of Topliss-reactive ketones (excluding diaryl/α,β-unsaturated/α-hetero) is 1. The molecule has 1 N–H and O–H groups in total. The SMILES string of the molecule is CC1COC(CO)CN1CC(=O)c1ccc2c(c1)CCO2. The van der Waals surface area contributed by atoms with Gasteiger partial charge >= 0.3 is 0 Å². The molecule has 5 nitrogen and oxygen atoms in total.